The van der Waals surface area contributed by atoms with Crippen molar-refractivity contribution in [3.05, 3.63) is 46.3 Å². The number of benzene rings is 1. The van der Waals surface area contributed by atoms with Crippen molar-refractivity contribution in [1.29, 1.82) is 5.26 Å². The number of aromatic nitrogens is 2. The molecule has 0 unspecified atom stereocenters. The van der Waals surface area contributed by atoms with E-state index in [9.17, 15) is 10.1 Å². The largest absolute Gasteiger partial charge is 0.367 e. The topological polar surface area (TPSA) is 108 Å². The van der Waals surface area contributed by atoms with E-state index < -0.39 is 4.92 Å². The SMILES string of the molecule is CNc1ncnc(N(C)c2ccc(C#N)cc2)c1[N+](=O)[O-]. The zero-order valence-corrected chi connectivity index (χ0v) is 11.4. The molecule has 0 radical (unpaired) electrons. The summed E-state index contributed by atoms with van der Waals surface area (Å²) in [6.45, 7) is 0. The maximum absolute atomic E-state index is 11.3. The van der Waals surface area contributed by atoms with Crippen LogP contribution in [0.25, 0.3) is 0 Å². The highest BCUT2D eigenvalue weighted by molar-refractivity contribution is 5.75. The Kier molecular flexibility index (Phi) is 3.95. The van der Waals surface area contributed by atoms with Gasteiger partial charge in [0, 0.05) is 19.8 Å². The average Bonchev–Trinajstić information content (AvgIpc) is 2.53. The van der Waals surface area contributed by atoms with E-state index in [1.165, 1.54) is 6.33 Å². The number of anilines is 3. The maximum atomic E-state index is 11.3. The van der Waals surface area contributed by atoms with E-state index in [-0.39, 0.29) is 17.3 Å². The quantitative estimate of drug-likeness (QED) is 0.676. The number of nitro groups is 1. The lowest BCUT2D eigenvalue weighted by Crippen LogP contribution is -2.15. The number of nitriles is 1. The van der Waals surface area contributed by atoms with Gasteiger partial charge in [-0.1, -0.05) is 0 Å². The predicted octanol–water partition coefficient (Wildman–Crippen LogP) is 2.07. The van der Waals surface area contributed by atoms with Gasteiger partial charge in [0.25, 0.3) is 0 Å². The van der Waals surface area contributed by atoms with Crippen molar-refractivity contribution in [2.24, 2.45) is 0 Å². The van der Waals surface area contributed by atoms with Crippen LogP contribution in [0.4, 0.5) is 23.0 Å². The Balaban J connectivity index is 2.49. The summed E-state index contributed by atoms with van der Waals surface area (Å²) in [5, 5.41) is 22.7. The van der Waals surface area contributed by atoms with E-state index in [1.807, 2.05) is 6.07 Å². The molecule has 0 saturated heterocycles. The Hall–Kier alpha value is -3.21. The molecule has 0 aliphatic heterocycles. The van der Waals surface area contributed by atoms with E-state index in [0.29, 0.717) is 11.3 Å². The van der Waals surface area contributed by atoms with Crippen LogP contribution >= 0.6 is 0 Å². The number of hydrogen-bond acceptors (Lipinski definition) is 7. The van der Waals surface area contributed by atoms with Gasteiger partial charge < -0.3 is 10.2 Å². The molecule has 0 amide bonds. The smallest absolute Gasteiger partial charge is 0.353 e. The van der Waals surface area contributed by atoms with Gasteiger partial charge in [-0.2, -0.15) is 5.26 Å². The van der Waals surface area contributed by atoms with E-state index in [4.69, 9.17) is 5.26 Å². The van der Waals surface area contributed by atoms with Crippen LogP contribution in [0.2, 0.25) is 0 Å². The molecule has 8 nitrogen and oxygen atoms in total. The summed E-state index contributed by atoms with van der Waals surface area (Å²) in [5.74, 6) is 0.314. The van der Waals surface area contributed by atoms with Crippen LogP contribution in [0.5, 0.6) is 0 Å². The molecule has 1 N–H and O–H groups in total. The summed E-state index contributed by atoms with van der Waals surface area (Å²) in [7, 11) is 3.22. The third-order valence-corrected chi connectivity index (χ3v) is 2.92. The Morgan fingerprint density at radius 3 is 2.52 bits per heavy atom. The molecule has 1 aromatic carbocycles. The van der Waals surface area contributed by atoms with Crippen LogP contribution in [0.15, 0.2) is 30.6 Å². The second-order valence-electron chi connectivity index (χ2n) is 4.12. The Morgan fingerprint density at radius 1 is 1.33 bits per heavy atom. The minimum Gasteiger partial charge on any atom is -0.367 e. The maximum Gasteiger partial charge on any atom is 0.353 e. The number of hydrogen-bond donors (Lipinski definition) is 1. The van der Waals surface area contributed by atoms with Crippen LogP contribution in [-0.4, -0.2) is 29.0 Å². The molecule has 1 heterocycles. The predicted molar refractivity (Wildman–Crippen MR) is 77.5 cm³/mol. The van der Waals surface area contributed by atoms with Gasteiger partial charge in [-0.15, -0.1) is 0 Å². The zero-order chi connectivity index (χ0) is 15.4. The Labute approximate surface area is 120 Å². The van der Waals surface area contributed by atoms with Gasteiger partial charge in [0.15, 0.2) is 0 Å². The lowest BCUT2D eigenvalue weighted by Gasteiger charge is -2.18. The highest BCUT2D eigenvalue weighted by atomic mass is 16.6. The highest BCUT2D eigenvalue weighted by Gasteiger charge is 2.25. The lowest BCUT2D eigenvalue weighted by atomic mass is 10.2. The molecule has 0 spiro atoms. The van der Waals surface area contributed by atoms with Crippen molar-refractivity contribution in [1.82, 2.24) is 9.97 Å². The highest BCUT2D eigenvalue weighted by Crippen LogP contribution is 2.34. The van der Waals surface area contributed by atoms with Gasteiger partial charge in [-0.3, -0.25) is 10.1 Å². The van der Waals surface area contributed by atoms with Gasteiger partial charge in [0.1, 0.15) is 6.33 Å². The van der Waals surface area contributed by atoms with Crippen molar-refractivity contribution in [3.8, 4) is 6.07 Å². The molecule has 8 heteroatoms. The molecule has 0 aliphatic carbocycles. The summed E-state index contributed by atoms with van der Waals surface area (Å²) in [6.07, 6.45) is 1.26. The fourth-order valence-corrected chi connectivity index (χ4v) is 1.85. The fraction of sp³-hybridized carbons (Fsp3) is 0.154. The van der Waals surface area contributed by atoms with Crippen LogP contribution in [0.3, 0.4) is 0 Å². The van der Waals surface area contributed by atoms with E-state index >= 15 is 0 Å². The normalized spacial score (nSPS) is 9.76. The average molecular weight is 284 g/mol. The minimum atomic E-state index is -0.526. The minimum absolute atomic E-state index is 0.144. The van der Waals surface area contributed by atoms with Crippen molar-refractivity contribution < 1.29 is 4.92 Å². The summed E-state index contributed by atoms with van der Waals surface area (Å²) in [5.41, 5.74) is 0.991. The van der Waals surface area contributed by atoms with Crippen LogP contribution in [-0.2, 0) is 0 Å². The molecule has 0 fully saturated rings. The molecule has 0 atom stereocenters. The van der Waals surface area contributed by atoms with Gasteiger partial charge in [0.05, 0.1) is 16.6 Å². The Bertz CT molecular complexity index is 708. The number of nitrogens with one attached hydrogen (secondary N) is 1. The van der Waals surface area contributed by atoms with Crippen molar-refractivity contribution in [3.63, 3.8) is 0 Å². The third kappa shape index (κ3) is 2.71. The molecule has 2 rings (SSSR count). The van der Waals surface area contributed by atoms with Crippen LogP contribution in [0.1, 0.15) is 5.56 Å². The van der Waals surface area contributed by atoms with Gasteiger partial charge in [-0.05, 0) is 24.3 Å². The summed E-state index contributed by atoms with van der Waals surface area (Å²) in [6, 6.07) is 8.69. The molecule has 106 valence electrons. The first-order valence-electron chi connectivity index (χ1n) is 5.99. The van der Waals surface area contributed by atoms with Crippen molar-refractivity contribution in [2.45, 2.75) is 0 Å². The molecule has 21 heavy (non-hydrogen) atoms. The van der Waals surface area contributed by atoms with Gasteiger partial charge in [0.2, 0.25) is 11.6 Å². The first-order valence-corrected chi connectivity index (χ1v) is 5.99. The van der Waals surface area contributed by atoms with Gasteiger partial charge >= 0.3 is 5.69 Å². The standard InChI is InChI=1S/C13H12N6O2/c1-15-12-11(19(20)21)13(17-8-16-12)18(2)10-5-3-9(7-14)4-6-10/h3-6,8H,1-2H3,(H,15,16,17). The molecular weight excluding hydrogens is 272 g/mol. The first-order chi connectivity index (χ1) is 10.1. The van der Waals surface area contributed by atoms with E-state index in [2.05, 4.69) is 15.3 Å². The van der Waals surface area contributed by atoms with Crippen molar-refractivity contribution >= 4 is 23.0 Å². The van der Waals surface area contributed by atoms with Crippen LogP contribution < -0.4 is 10.2 Å². The number of rotatable bonds is 4. The molecule has 0 aliphatic rings. The molecule has 2 aromatic rings. The molecule has 0 saturated carbocycles. The molecule has 0 bridgehead atoms. The Morgan fingerprint density at radius 2 is 2.00 bits per heavy atom. The van der Waals surface area contributed by atoms with Gasteiger partial charge in [-0.25, -0.2) is 9.97 Å². The molecule has 1 aromatic heterocycles. The van der Waals surface area contributed by atoms with Crippen molar-refractivity contribution in [2.75, 3.05) is 24.3 Å². The summed E-state index contributed by atoms with van der Waals surface area (Å²) in [4.78, 5) is 20.1. The summed E-state index contributed by atoms with van der Waals surface area (Å²) >= 11 is 0. The van der Waals surface area contributed by atoms with E-state index in [1.54, 1.807) is 43.3 Å². The van der Waals surface area contributed by atoms with E-state index in [0.717, 1.165) is 0 Å². The summed E-state index contributed by atoms with van der Waals surface area (Å²) < 4.78 is 0. The molecular formula is C13H12N6O2. The fourth-order valence-electron chi connectivity index (χ4n) is 1.85. The van der Waals surface area contributed by atoms with Crippen LogP contribution in [0, 0.1) is 21.4 Å². The monoisotopic (exact) mass is 284 g/mol. The lowest BCUT2D eigenvalue weighted by molar-refractivity contribution is -0.383. The number of nitrogens with zero attached hydrogens (tertiary/aromatic N) is 5. The second-order valence-corrected chi connectivity index (χ2v) is 4.12. The zero-order valence-electron chi connectivity index (χ0n) is 11.4. The first kappa shape index (κ1) is 14.2. The second kappa shape index (κ2) is 5.83. The third-order valence-electron chi connectivity index (χ3n) is 2.92.